The molecule has 3 heterocycles. The van der Waals surface area contributed by atoms with Gasteiger partial charge < -0.3 is 20.0 Å². The second-order valence-electron chi connectivity index (χ2n) is 9.86. The predicted octanol–water partition coefficient (Wildman–Crippen LogP) is 2.91. The molecule has 1 spiro atoms. The van der Waals surface area contributed by atoms with Gasteiger partial charge >= 0.3 is 0 Å². The summed E-state index contributed by atoms with van der Waals surface area (Å²) in [7, 11) is 0. The van der Waals surface area contributed by atoms with Gasteiger partial charge in [-0.15, -0.1) is 0 Å². The minimum Gasteiger partial charge on any atom is -0.468 e. The van der Waals surface area contributed by atoms with Crippen LogP contribution in [0.3, 0.4) is 0 Å². The third-order valence-electron chi connectivity index (χ3n) is 8.10. The summed E-state index contributed by atoms with van der Waals surface area (Å²) in [6.07, 6.45) is 5.52. The molecular weight excluding hydrogens is 404 g/mol. The van der Waals surface area contributed by atoms with Gasteiger partial charge in [0.15, 0.2) is 0 Å². The number of piperazine rings is 1. The van der Waals surface area contributed by atoms with E-state index in [4.69, 9.17) is 4.42 Å². The van der Waals surface area contributed by atoms with Gasteiger partial charge in [0.25, 0.3) is 5.91 Å². The number of nitrogens with one attached hydrogen (secondary N) is 2. The first-order valence-electron chi connectivity index (χ1n) is 11.8. The van der Waals surface area contributed by atoms with Crippen LogP contribution in [0.25, 0.3) is 0 Å². The number of fused-ring (bicyclic) bond motifs is 3. The lowest BCUT2D eigenvalue weighted by molar-refractivity contribution is -0.145. The monoisotopic (exact) mass is 434 g/mol. The molecule has 1 saturated heterocycles. The summed E-state index contributed by atoms with van der Waals surface area (Å²) in [6, 6.07) is 11.6. The van der Waals surface area contributed by atoms with Crippen molar-refractivity contribution >= 4 is 17.5 Å². The summed E-state index contributed by atoms with van der Waals surface area (Å²) in [5.41, 5.74) is 1.21. The van der Waals surface area contributed by atoms with Crippen molar-refractivity contribution < 1.29 is 14.0 Å². The Kier molecular flexibility index (Phi) is 4.75. The van der Waals surface area contributed by atoms with E-state index in [0.29, 0.717) is 17.4 Å². The van der Waals surface area contributed by atoms with Crippen LogP contribution in [0.2, 0.25) is 0 Å². The van der Waals surface area contributed by atoms with Crippen LogP contribution in [0.5, 0.6) is 0 Å². The number of hydrogen-bond acceptors (Lipinski definition) is 5. The molecule has 2 aromatic rings. The van der Waals surface area contributed by atoms with Gasteiger partial charge in [-0.3, -0.25) is 14.5 Å². The molecule has 7 heteroatoms. The van der Waals surface area contributed by atoms with E-state index < -0.39 is 5.66 Å². The number of anilines is 1. The van der Waals surface area contributed by atoms with Crippen molar-refractivity contribution in [1.82, 2.24) is 15.1 Å². The number of rotatable bonds is 3. The molecule has 2 bridgehead atoms. The molecule has 3 aliphatic carbocycles. The van der Waals surface area contributed by atoms with E-state index in [-0.39, 0.29) is 17.7 Å². The maximum atomic E-state index is 13.5. The largest absolute Gasteiger partial charge is 0.468 e. The normalized spacial score (nSPS) is 31.8. The summed E-state index contributed by atoms with van der Waals surface area (Å²) in [5, 5.41) is 6.96. The molecule has 7 rings (SSSR count). The molecule has 2 N–H and O–H groups in total. The van der Waals surface area contributed by atoms with Crippen molar-refractivity contribution in [1.29, 1.82) is 0 Å². The molecule has 2 amide bonds. The summed E-state index contributed by atoms with van der Waals surface area (Å²) in [4.78, 5) is 30.7. The van der Waals surface area contributed by atoms with Crippen LogP contribution in [-0.4, -0.2) is 53.5 Å². The first kappa shape index (κ1) is 19.9. The molecule has 4 fully saturated rings. The highest BCUT2D eigenvalue weighted by Crippen LogP contribution is 2.52. The zero-order chi connectivity index (χ0) is 21.7. The first-order valence-corrected chi connectivity index (χ1v) is 11.8. The SMILES string of the molecule is O=C1N[C@@]2(C[C@@H]3CC[C@H]2C[C@@H]3C(=O)N2CCN(Cc3ccco3)CC2)Nc2ccccc21. The number of para-hydroxylation sites is 1. The van der Waals surface area contributed by atoms with Crippen LogP contribution in [-0.2, 0) is 11.3 Å². The number of nitrogens with zero attached hydrogens (tertiary/aromatic N) is 2. The first-order chi connectivity index (χ1) is 15.6. The van der Waals surface area contributed by atoms with Gasteiger partial charge in [-0.05, 0) is 55.9 Å². The Hall–Kier alpha value is -2.80. The Balaban J connectivity index is 1.11. The number of carbonyl (C=O) groups is 2. The smallest absolute Gasteiger partial charge is 0.255 e. The topological polar surface area (TPSA) is 77.8 Å². The minimum absolute atomic E-state index is 0.00227. The van der Waals surface area contributed by atoms with Crippen molar-refractivity contribution in [2.24, 2.45) is 17.8 Å². The standard InChI is InChI=1S/C25H30N4O3/c30-23-20-5-1-2-6-22(20)26-25(27-23)15-17-7-8-18(25)14-21(17)24(31)29-11-9-28(10-12-29)16-19-4-3-13-32-19/h1-6,13,17-18,21,26H,7-12,14-16H2,(H,27,30)/t17-,18-,21-,25+/m0/s1. The molecule has 2 aliphatic heterocycles. The lowest BCUT2D eigenvalue weighted by Gasteiger charge is -2.57. The highest BCUT2D eigenvalue weighted by molar-refractivity contribution is 6.02. The van der Waals surface area contributed by atoms with Gasteiger partial charge in [0.2, 0.25) is 5.91 Å². The number of hydrogen-bond donors (Lipinski definition) is 2. The molecule has 0 radical (unpaired) electrons. The van der Waals surface area contributed by atoms with E-state index in [1.807, 2.05) is 36.4 Å². The highest BCUT2D eigenvalue weighted by Gasteiger charge is 2.55. The van der Waals surface area contributed by atoms with E-state index in [1.165, 1.54) is 0 Å². The summed E-state index contributed by atoms with van der Waals surface area (Å²) in [5.74, 6) is 1.96. The van der Waals surface area contributed by atoms with Gasteiger partial charge in [-0.1, -0.05) is 12.1 Å². The molecule has 0 unspecified atom stereocenters. The third kappa shape index (κ3) is 3.30. The quantitative estimate of drug-likeness (QED) is 0.777. The molecule has 4 atom stereocenters. The van der Waals surface area contributed by atoms with E-state index in [0.717, 1.165) is 69.9 Å². The summed E-state index contributed by atoms with van der Waals surface area (Å²) in [6.45, 7) is 4.12. The average molecular weight is 435 g/mol. The van der Waals surface area contributed by atoms with Crippen molar-refractivity contribution in [3.05, 3.63) is 54.0 Å². The molecule has 3 saturated carbocycles. The molecule has 168 valence electrons. The Morgan fingerprint density at radius 1 is 1.06 bits per heavy atom. The van der Waals surface area contributed by atoms with E-state index in [9.17, 15) is 9.59 Å². The van der Waals surface area contributed by atoms with Crippen molar-refractivity contribution in [3.63, 3.8) is 0 Å². The van der Waals surface area contributed by atoms with E-state index >= 15 is 0 Å². The van der Waals surface area contributed by atoms with Crippen molar-refractivity contribution in [2.75, 3.05) is 31.5 Å². The molecule has 32 heavy (non-hydrogen) atoms. The maximum absolute atomic E-state index is 13.5. The third-order valence-corrected chi connectivity index (χ3v) is 8.10. The van der Waals surface area contributed by atoms with Crippen LogP contribution < -0.4 is 10.6 Å². The molecular formula is C25H30N4O3. The molecule has 5 aliphatic rings. The van der Waals surface area contributed by atoms with Gasteiger partial charge in [0.05, 0.1) is 18.4 Å². The van der Waals surface area contributed by atoms with Crippen LogP contribution in [0, 0.1) is 17.8 Å². The summed E-state index contributed by atoms with van der Waals surface area (Å²) < 4.78 is 5.47. The molecule has 1 aromatic heterocycles. The summed E-state index contributed by atoms with van der Waals surface area (Å²) >= 11 is 0. The highest BCUT2D eigenvalue weighted by atomic mass is 16.3. The Morgan fingerprint density at radius 2 is 1.91 bits per heavy atom. The average Bonchev–Trinajstić information content (AvgIpc) is 3.32. The molecule has 1 aromatic carbocycles. The zero-order valence-electron chi connectivity index (χ0n) is 18.3. The van der Waals surface area contributed by atoms with E-state index in [1.54, 1.807) is 6.26 Å². The Labute approximate surface area is 188 Å². The van der Waals surface area contributed by atoms with Gasteiger partial charge in [0, 0.05) is 43.7 Å². The van der Waals surface area contributed by atoms with E-state index in [2.05, 4.69) is 20.4 Å². The van der Waals surface area contributed by atoms with Crippen LogP contribution in [0.4, 0.5) is 5.69 Å². The molecule has 7 nitrogen and oxygen atoms in total. The Morgan fingerprint density at radius 3 is 2.66 bits per heavy atom. The second-order valence-corrected chi connectivity index (χ2v) is 9.86. The zero-order valence-corrected chi connectivity index (χ0v) is 18.3. The number of furan rings is 1. The fourth-order valence-electron chi connectivity index (χ4n) is 6.43. The predicted molar refractivity (Wildman–Crippen MR) is 120 cm³/mol. The number of carbonyl (C=O) groups excluding carboxylic acids is 2. The van der Waals surface area contributed by atoms with Crippen LogP contribution >= 0.6 is 0 Å². The lowest BCUT2D eigenvalue weighted by atomic mass is 9.58. The van der Waals surface area contributed by atoms with Crippen LogP contribution in [0.15, 0.2) is 47.1 Å². The fraction of sp³-hybridized carbons (Fsp3) is 0.520. The lowest BCUT2D eigenvalue weighted by Crippen LogP contribution is -2.68. The number of benzene rings is 1. The fourth-order valence-corrected chi connectivity index (χ4v) is 6.43. The van der Waals surface area contributed by atoms with Gasteiger partial charge in [-0.2, -0.15) is 0 Å². The minimum atomic E-state index is -0.410. The van der Waals surface area contributed by atoms with Crippen molar-refractivity contribution in [2.45, 2.75) is 37.9 Å². The van der Waals surface area contributed by atoms with Crippen LogP contribution in [0.1, 0.15) is 41.8 Å². The van der Waals surface area contributed by atoms with Crippen molar-refractivity contribution in [3.8, 4) is 0 Å². The number of amides is 2. The maximum Gasteiger partial charge on any atom is 0.255 e. The van der Waals surface area contributed by atoms with Gasteiger partial charge in [0.1, 0.15) is 11.4 Å². The van der Waals surface area contributed by atoms with Gasteiger partial charge in [-0.25, -0.2) is 0 Å². The Bertz CT molecular complexity index is 1010. The second kappa shape index (κ2) is 7.66.